The van der Waals surface area contributed by atoms with Crippen LogP contribution >= 0.6 is 0 Å². The average molecular weight is 234 g/mol. The summed E-state index contributed by atoms with van der Waals surface area (Å²) in [6.07, 6.45) is 4.81. The molecule has 1 aliphatic rings. The lowest BCUT2D eigenvalue weighted by atomic mass is 10.1. The summed E-state index contributed by atoms with van der Waals surface area (Å²) in [4.78, 5) is 28.3. The predicted molar refractivity (Wildman–Crippen MR) is 60.3 cm³/mol. The summed E-state index contributed by atoms with van der Waals surface area (Å²) in [6.45, 7) is 0.543. The third-order valence-corrected chi connectivity index (χ3v) is 2.96. The van der Waals surface area contributed by atoms with Gasteiger partial charge in [-0.1, -0.05) is 0 Å². The number of hydrogen-bond donors (Lipinski definition) is 1. The number of carbonyl (C=O) groups is 2. The van der Waals surface area contributed by atoms with Crippen LogP contribution in [0.1, 0.15) is 18.4 Å². The molecule has 1 saturated heterocycles. The van der Waals surface area contributed by atoms with E-state index >= 15 is 0 Å². The largest absolute Gasteiger partial charge is 0.480 e. The number of likely N-dealkylation sites (tertiary alicyclic amines) is 1. The number of amides is 1. The van der Waals surface area contributed by atoms with Crippen molar-refractivity contribution < 1.29 is 14.7 Å². The summed E-state index contributed by atoms with van der Waals surface area (Å²) in [7, 11) is 0. The molecular weight excluding hydrogens is 220 g/mol. The fourth-order valence-electron chi connectivity index (χ4n) is 2.10. The molecule has 0 spiro atoms. The first-order chi connectivity index (χ1) is 8.18. The Balaban J connectivity index is 2.03. The van der Waals surface area contributed by atoms with Crippen LogP contribution in [0.4, 0.5) is 0 Å². The van der Waals surface area contributed by atoms with Crippen LogP contribution in [0.25, 0.3) is 0 Å². The minimum absolute atomic E-state index is 0.124. The third kappa shape index (κ3) is 2.61. The van der Waals surface area contributed by atoms with E-state index in [-0.39, 0.29) is 12.3 Å². The maximum absolute atomic E-state index is 12.0. The Bertz CT molecular complexity index is 419. The first-order valence-electron chi connectivity index (χ1n) is 5.59. The number of aromatic nitrogens is 1. The molecule has 2 rings (SSSR count). The molecule has 2 heterocycles. The molecule has 0 saturated carbocycles. The first kappa shape index (κ1) is 11.6. The summed E-state index contributed by atoms with van der Waals surface area (Å²) in [5.74, 6) is -1.04. The van der Waals surface area contributed by atoms with Gasteiger partial charge >= 0.3 is 5.97 Å². The molecule has 5 nitrogen and oxygen atoms in total. The van der Waals surface area contributed by atoms with E-state index in [0.29, 0.717) is 13.0 Å². The van der Waals surface area contributed by atoms with Gasteiger partial charge in [0.2, 0.25) is 5.91 Å². The van der Waals surface area contributed by atoms with Crippen molar-refractivity contribution >= 4 is 11.9 Å². The van der Waals surface area contributed by atoms with Crippen LogP contribution in [0.5, 0.6) is 0 Å². The molecule has 1 aliphatic heterocycles. The second-order valence-corrected chi connectivity index (χ2v) is 4.12. The molecule has 1 aromatic heterocycles. The van der Waals surface area contributed by atoms with Gasteiger partial charge in [0.25, 0.3) is 0 Å². The van der Waals surface area contributed by atoms with Gasteiger partial charge in [-0.05, 0) is 30.5 Å². The van der Waals surface area contributed by atoms with Gasteiger partial charge < -0.3 is 10.0 Å². The van der Waals surface area contributed by atoms with Crippen LogP contribution in [0.15, 0.2) is 24.5 Å². The van der Waals surface area contributed by atoms with Crippen molar-refractivity contribution in [1.82, 2.24) is 9.88 Å². The van der Waals surface area contributed by atoms with Gasteiger partial charge in [0, 0.05) is 18.9 Å². The molecule has 0 radical (unpaired) electrons. The molecule has 1 atom stereocenters. The smallest absolute Gasteiger partial charge is 0.326 e. The summed E-state index contributed by atoms with van der Waals surface area (Å²) in [5.41, 5.74) is 0.862. The maximum Gasteiger partial charge on any atom is 0.326 e. The van der Waals surface area contributed by atoms with Crippen molar-refractivity contribution in [3.63, 3.8) is 0 Å². The van der Waals surface area contributed by atoms with Crippen LogP contribution in [0, 0.1) is 0 Å². The number of pyridine rings is 1. The standard InChI is InChI=1S/C12H14N2O3/c15-11(8-9-3-5-13-6-4-9)14-7-1-2-10(14)12(16)17/h3-6,10H,1-2,7-8H2,(H,16,17)/t10-/m1/s1. The summed E-state index contributed by atoms with van der Waals surface area (Å²) < 4.78 is 0. The zero-order valence-electron chi connectivity index (χ0n) is 9.37. The minimum atomic E-state index is -0.912. The summed E-state index contributed by atoms with van der Waals surface area (Å²) >= 11 is 0. The zero-order chi connectivity index (χ0) is 12.3. The van der Waals surface area contributed by atoms with E-state index in [4.69, 9.17) is 5.11 Å². The molecule has 1 N–H and O–H groups in total. The number of hydrogen-bond acceptors (Lipinski definition) is 3. The van der Waals surface area contributed by atoms with E-state index in [9.17, 15) is 9.59 Å². The number of carboxylic acids is 1. The number of rotatable bonds is 3. The Morgan fingerprint density at radius 1 is 1.41 bits per heavy atom. The van der Waals surface area contributed by atoms with E-state index in [1.807, 2.05) is 0 Å². The van der Waals surface area contributed by atoms with Gasteiger partial charge in [-0.2, -0.15) is 0 Å². The van der Waals surface area contributed by atoms with E-state index in [1.54, 1.807) is 24.5 Å². The Labute approximate surface area is 99.1 Å². The molecule has 5 heteroatoms. The lowest BCUT2D eigenvalue weighted by Gasteiger charge is -2.21. The number of carbonyl (C=O) groups excluding carboxylic acids is 1. The molecule has 17 heavy (non-hydrogen) atoms. The molecule has 1 fully saturated rings. The van der Waals surface area contributed by atoms with Crippen molar-refractivity contribution in [3.8, 4) is 0 Å². The second kappa shape index (κ2) is 4.95. The molecule has 1 aromatic rings. The van der Waals surface area contributed by atoms with Gasteiger partial charge in [-0.3, -0.25) is 9.78 Å². The average Bonchev–Trinajstić information content (AvgIpc) is 2.79. The molecule has 0 aromatic carbocycles. The van der Waals surface area contributed by atoms with Crippen LogP contribution < -0.4 is 0 Å². The van der Waals surface area contributed by atoms with Crippen LogP contribution in [-0.4, -0.2) is 39.5 Å². The van der Waals surface area contributed by atoms with Crippen LogP contribution in [-0.2, 0) is 16.0 Å². The predicted octanol–water partition coefficient (Wildman–Crippen LogP) is 0.700. The normalized spacial score (nSPS) is 19.3. The maximum atomic E-state index is 12.0. The van der Waals surface area contributed by atoms with Crippen LogP contribution in [0.2, 0.25) is 0 Å². The number of carboxylic acid groups (broad SMARTS) is 1. The van der Waals surface area contributed by atoms with Gasteiger partial charge in [0.15, 0.2) is 0 Å². The number of aliphatic carboxylic acids is 1. The summed E-state index contributed by atoms with van der Waals surface area (Å²) in [5, 5.41) is 8.99. The Hall–Kier alpha value is -1.91. The van der Waals surface area contributed by atoms with Gasteiger partial charge in [-0.15, -0.1) is 0 Å². The first-order valence-corrected chi connectivity index (χ1v) is 5.59. The molecule has 0 bridgehead atoms. The van der Waals surface area contributed by atoms with E-state index in [1.165, 1.54) is 4.90 Å². The van der Waals surface area contributed by atoms with Crippen molar-refractivity contribution in [3.05, 3.63) is 30.1 Å². The quantitative estimate of drug-likeness (QED) is 0.835. The number of nitrogens with zero attached hydrogens (tertiary/aromatic N) is 2. The van der Waals surface area contributed by atoms with Crippen LogP contribution in [0.3, 0.4) is 0 Å². The molecule has 1 amide bonds. The Morgan fingerprint density at radius 3 is 2.76 bits per heavy atom. The third-order valence-electron chi connectivity index (χ3n) is 2.96. The molecule has 0 aliphatic carbocycles. The molecule has 90 valence electrons. The fraction of sp³-hybridized carbons (Fsp3) is 0.417. The monoisotopic (exact) mass is 234 g/mol. The highest BCUT2D eigenvalue weighted by Crippen LogP contribution is 2.18. The highest BCUT2D eigenvalue weighted by molar-refractivity contribution is 5.85. The highest BCUT2D eigenvalue weighted by atomic mass is 16.4. The minimum Gasteiger partial charge on any atom is -0.480 e. The molecule has 0 unspecified atom stereocenters. The van der Waals surface area contributed by atoms with E-state index in [0.717, 1.165) is 12.0 Å². The van der Waals surface area contributed by atoms with Crippen molar-refractivity contribution in [2.75, 3.05) is 6.54 Å². The summed E-state index contributed by atoms with van der Waals surface area (Å²) in [6, 6.07) is 2.89. The molecular formula is C12H14N2O3. The second-order valence-electron chi connectivity index (χ2n) is 4.12. The van der Waals surface area contributed by atoms with Crippen molar-refractivity contribution in [2.24, 2.45) is 0 Å². The SMILES string of the molecule is O=C(O)[C@H]1CCCN1C(=O)Cc1ccncc1. The van der Waals surface area contributed by atoms with Gasteiger partial charge in [0.05, 0.1) is 6.42 Å². The fourth-order valence-corrected chi connectivity index (χ4v) is 2.10. The van der Waals surface area contributed by atoms with E-state index in [2.05, 4.69) is 4.98 Å². The zero-order valence-corrected chi connectivity index (χ0v) is 9.37. The lowest BCUT2D eigenvalue weighted by molar-refractivity contribution is -0.148. The van der Waals surface area contributed by atoms with E-state index < -0.39 is 12.0 Å². The topological polar surface area (TPSA) is 70.5 Å². The van der Waals surface area contributed by atoms with Crippen molar-refractivity contribution in [2.45, 2.75) is 25.3 Å². The van der Waals surface area contributed by atoms with Crippen molar-refractivity contribution in [1.29, 1.82) is 0 Å². The Kier molecular flexibility index (Phi) is 3.37. The highest BCUT2D eigenvalue weighted by Gasteiger charge is 2.33. The lowest BCUT2D eigenvalue weighted by Crippen LogP contribution is -2.41. The Morgan fingerprint density at radius 2 is 2.12 bits per heavy atom. The van der Waals surface area contributed by atoms with Gasteiger partial charge in [0.1, 0.15) is 6.04 Å². The van der Waals surface area contributed by atoms with Gasteiger partial charge in [-0.25, -0.2) is 4.79 Å².